The number of nitrogens with two attached hydrogens (primary N) is 1. The van der Waals surface area contributed by atoms with Gasteiger partial charge in [-0.05, 0) is 64.7 Å². The van der Waals surface area contributed by atoms with Gasteiger partial charge in [-0.15, -0.1) is 0 Å². The Hall–Kier alpha value is -4.16. The van der Waals surface area contributed by atoms with Crippen molar-refractivity contribution in [3.05, 3.63) is 130 Å². The van der Waals surface area contributed by atoms with Crippen LogP contribution in [-0.2, 0) is 16.4 Å². The zero-order valence-electron chi connectivity index (χ0n) is 22.5. The molecule has 0 aliphatic rings. The number of sulfone groups is 1. The van der Waals surface area contributed by atoms with E-state index in [-0.39, 0.29) is 11.1 Å². The summed E-state index contributed by atoms with van der Waals surface area (Å²) in [4.78, 5) is 15.2. The van der Waals surface area contributed by atoms with Gasteiger partial charge >= 0.3 is 11.5 Å². The Bertz CT molecular complexity index is 1960. The molecule has 1 heterocycles. The molecule has 5 rings (SSSR count). The maximum absolute atomic E-state index is 13.1. The van der Waals surface area contributed by atoms with Gasteiger partial charge in [-0.1, -0.05) is 71.7 Å². The van der Waals surface area contributed by atoms with Crippen LogP contribution < -0.4 is 5.73 Å². The molecule has 7 nitrogen and oxygen atoms in total. The van der Waals surface area contributed by atoms with Gasteiger partial charge in [0.2, 0.25) is 0 Å². The van der Waals surface area contributed by atoms with E-state index in [4.69, 9.17) is 33.9 Å². The van der Waals surface area contributed by atoms with Crippen molar-refractivity contribution in [2.24, 2.45) is 5.73 Å². The second kappa shape index (κ2) is 12.1. The van der Waals surface area contributed by atoms with Crippen LogP contribution in [0.3, 0.4) is 0 Å². The van der Waals surface area contributed by atoms with E-state index >= 15 is 0 Å². The highest BCUT2D eigenvalue weighted by Gasteiger charge is 2.46. The van der Waals surface area contributed by atoms with Crippen molar-refractivity contribution < 1.29 is 31.5 Å². The largest absolute Gasteiger partial charge is 0.501 e. The van der Waals surface area contributed by atoms with Crippen molar-refractivity contribution in [2.45, 2.75) is 23.0 Å². The third kappa shape index (κ3) is 6.36. The van der Waals surface area contributed by atoms with Gasteiger partial charge in [-0.2, -0.15) is 13.2 Å². The highest BCUT2D eigenvalue weighted by atomic mass is 35.5. The van der Waals surface area contributed by atoms with Crippen LogP contribution in [-0.4, -0.2) is 34.6 Å². The number of aromatic carboxylic acids is 1. The maximum atomic E-state index is 13.1. The first-order valence-corrected chi connectivity index (χ1v) is 15.1. The number of carboxylic acid groups (broad SMARTS) is 1. The number of hydrogen-bond acceptors (Lipinski definition) is 5. The SMILES string of the molecule is NC(c1ccc(-c2cccc(S(=O)(=O)C(F)(F)F)c2)cc1)c1nc(-c2ccc(Cl)cc2Cl)cn1Cc1ccc(C(=O)O)cc1. The summed E-state index contributed by atoms with van der Waals surface area (Å²) < 4.78 is 64.9. The van der Waals surface area contributed by atoms with Gasteiger partial charge in [0, 0.05) is 23.3 Å². The molecule has 0 amide bonds. The molecule has 3 N–H and O–H groups in total. The minimum absolute atomic E-state index is 0.145. The highest BCUT2D eigenvalue weighted by Crippen LogP contribution is 2.34. The molecule has 0 saturated carbocycles. The van der Waals surface area contributed by atoms with Crippen LogP contribution in [0.4, 0.5) is 13.2 Å². The molecule has 0 saturated heterocycles. The molecule has 0 aliphatic heterocycles. The van der Waals surface area contributed by atoms with E-state index in [9.17, 15) is 31.5 Å². The number of imidazole rings is 1. The number of halogens is 5. The summed E-state index contributed by atoms with van der Waals surface area (Å²) in [6.07, 6.45) is 1.77. The number of hydrogen-bond donors (Lipinski definition) is 2. The lowest BCUT2D eigenvalue weighted by Gasteiger charge is -2.15. The Morgan fingerprint density at radius 1 is 0.932 bits per heavy atom. The molecule has 44 heavy (non-hydrogen) atoms. The summed E-state index contributed by atoms with van der Waals surface area (Å²) in [5.74, 6) is -0.585. The predicted molar refractivity (Wildman–Crippen MR) is 161 cm³/mol. The quantitative estimate of drug-likeness (QED) is 0.177. The molecule has 1 unspecified atom stereocenters. The van der Waals surface area contributed by atoms with E-state index in [2.05, 4.69) is 0 Å². The van der Waals surface area contributed by atoms with Crippen molar-refractivity contribution in [3.63, 3.8) is 0 Å². The van der Waals surface area contributed by atoms with E-state index in [0.717, 1.165) is 17.7 Å². The van der Waals surface area contributed by atoms with Crippen molar-refractivity contribution in [1.29, 1.82) is 0 Å². The number of alkyl halides is 3. The molecule has 0 aliphatic carbocycles. The topological polar surface area (TPSA) is 115 Å². The lowest BCUT2D eigenvalue weighted by Crippen LogP contribution is -2.23. The Morgan fingerprint density at radius 3 is 2.23 bits per heavy atom. The van der Waals surface area contributed by atoms with Crippen LogP contribution in [0.2, 0.25) is 10.0 Å². The molecule has 0 fully saturated rings. The summed E-state index contributed by atoms with van der Waals surface area (Å²) in [6.45, 7) is 0.305. The van der Waals surface area contributed by atoms with Crippen LogP contribution in [0.5, 0.6) is 0 Å². The molecule has 1 atom stereocenters. The van der Waals surface area contributed by atoms with E-state index < -0.39 is 32.3 Å². The first kappa shape index (κ1) is 31.3. The maximum Gasteiger partial charge on any atom is 0.501 e. The number of carboxylic acids is 1. The molecule has 0 spiro atoms. The van der Waals surface area contributed by atoms with Gasteiger partial charge in [0.05, 0.1) is 27.2 Å². The average Bonchev–Trinajstić information content (AvgIpc) is 3.39. The second-order valence-electron chi connectivity index (χ2n) is 9.82. The fraction of sp³-hybridized carbons (Fsp3) is 0.0968. The van der Waals surface area contributed by atoms with E-state index in [1.54, 1.807) is 60.8 Å². The van der Waals surface area contributed by atoms with Crippen LogP contribution in [0, 0.1) is 0 Å². The molecule has 0 bridgehead atoms. The smallest absolute Gasteiger partial charge is 0.478 e. The molecule has 1 aromatic heterocycles. The normalized spacial score (nSPS) is 12.7. The lowest BCUT2D eigenvalue weighted by molar-refractivity contribution is -0.0436. The van der Waals surface area contributed by atoms with Crippen LogP contribution in [0.15, 0.2) is 102 Å². The van der Waals surface area contributed by atoms with E-state index in [0.29, 0.717) is 44.8 Å². The molecule has 4 aromatic carbocycles. The number of rotatable bonds is 8. The number of aromatic nitrogens is 2. The van der Waals surface area contributed by atoms with E-state index in [1.807, 2.05) is 4.57 Å². The van der Waals surface area contributed by atoms with Crippen LogP contribution in [0.25, 0.3) is 22.4 Å². The molecular formula is C31H22Cl2F3N3O4S. The standard InChI is InChI=1S/C31H22Cl2F3N3O4S/c32-23-12-13-25(26(33)15-23)27-17-39(16-18-4-6-21(7-5-18)30(40)41)29(38-27)28(37)20-10-8-19(9-11-20)22-2-1-3-24(14-22)44(42,43)31(34,35)36/h1-15,17,28H,16,37H2,(H,40,41). The van der Waals surface area contributed by atoms with E-state index in [1.165, 1.54) is 24.3 Å². The predicted octanol–water partition coefficient (Wildman–Crippen LogP) is 7.61. The summed E-state index contributed by atoms with van der Waals surface area (Å²) >= 11 is 12.5. The fourth-order valence-corrected chi connectivity index (χ4v) is 5.90. The molecule has 13 heteroatoms. The summed E-state index contributed by atoms with van der Waals surface area (Å²) in [5.41, 5.74) is 4.73. The zero-order valence-corrected chi connectivity index (χ0v) is 24.8. The van der Waals surface area contributed by atoms with Crippen molar-refractivity contribution in [1.82, 2.24) is 9.55 Å². The first-order valence-electron chi connectivity index (χ1n) is 12.9. The molecule has 0 radical (unpaired) electrons. The van der Waals surface area contributed by atoms with Gasteiger partial charge in [0.25, 0.3) is 9.84 Å². The molecular weight excluding hydrogens is 638 g/mol. The number of nitrogens with zero attached hydrogens (tertiary/aromatic N) is 2. The monoisotopic (exact) mass is 659 g/mol. The summed E-state index contributed by atoms with van der Waals surface area (Å²) in [7, 11) is -5.50. The molecule has 226 valence electrons. The fourth-order valence-electron chi connectivity index (χ4n) is 4.59. The Morgan fingerprint density at radius 2 is 1.61 bits per heavy atom. The Balaban J connectivity index is 1.49. The number of benzene rings is 4. The van der Waals surface area contributed by atoms with Crippen molar-refractivity contribution in [3.8, 4) is 22.4 Å². The average molecular weight is 661 g/mol. The summed E-state index contributed by atoms with van der Waals surface area (Å²) in [6, 6.07) is 21.9. The minimum atomic E-state index is -5.50. The zero-order chi connectivity index (χ0) is 31.8. The van der Waals surface area contributed by atoms with Gasteiger partial charge in [0.15, 0.2) is 0 Å². The first-order chi connectivity index (χ1) is 20.7. The summed E-state index contributed by atoms with van der Waals surface area (Å²) in [5, 5.41) is 10.1. The van der Waals surface area contributed by atoms with Gasteiger partial charge in [-0.25, -0.2) is 18.2 Å². The van der Waals surface area contributed by atoms with Crippen LogP contribution in [0.1, 0.15) is 33.4 Å². The van der Waals surface area contributed by atoms with Crippen LogP contribution >= 0.6 is 23.2 Å². The molecule has 5 aromatic rings. The second-order valence-corrected chi connectivity index (χ2v) is 12.6. The lowest BCUT2D eigenvalue weighted by atomic mass is 10.0. The van der Waals surface area contributed by atoms with Crippen molar-refractivity contribution >= 4 is 39.0 Å². The highest BCUT2D eigenvalue weighted by molar-refractivity contribution is 7.92. The Labute approximate surface area is 260 Å². The van der Waals surface area contributed by atoms with Gasteiger partial charge in [0.1, 0.15) is 5.82 Å². The van der Waals surface area contributed by atoms with Gasteiger partial charge < -0.3 is 15.4 Å². The third-order valence-electron chi connectivity index (χ3n) is 6.90. The van der Waals surface area contributed by atoms with Crippen molar-refractivity contribution in [2.75, 3.05) is 0 Å². The Kier molecular flexibility index (Phi) is 8.59. The van der Waals surface area contributed by atoms with Gasteiger partial charge in [-0.3, -0.25) is 0 Å². The minimum Gasteiger partial charge on any atom is -0.478 e. The third-order valence-corrected chi connectivity index (χ3v) is 8.93. The number of carbonyl (C=O) groups is 1.